The van der Waals surface area contributed by atoms with Gasteiger partial charge in [0.2, 0.25) is 0 Å². The van der Waals surface area contributed by atoms with Crippen molar-refractivity contribution >= 4 is 131 Å². The van der Waals surface area contributed by atoms with Crippen molar-refractivity contribution in [1.29, 1.82) is 0 Å². The average molecular weight is 1220 g/mol. The summed E-state index contributed by atoms with van der Waals surface area (Å²) >= 11 is 0. The molecule has 0 atom stereocenters. The van der Waals surface area contributed by atoms with Gasteiger partial charge in [-0.3, -0.25) is 0 Å². The Morgan fingerprint density at radius 1 is 0.156 bits per heavy atom. The van der Waals surface area contributed by atoms with Gasteiger partial charge in [0.05, 0.1) is 83.3 Å². The Labute approximate surface area is 550 Å². The van der Waals surface area contributed by atoms with Crippen molar-refractivity contribution in [2.24, 2.45) is 0 Å². The van der Waals surface area contributed by atoms with Crippen LogP contribution in [0.25, 0.3) is 187 Å². The number of para-hydroxylation sites is 9. The van der Waals surface area contributed by atoms with Crippen LogP contribution < -0.4 is 0 Å². The number of rotatable bonds is 8. The number of hydrogen-bond donors (Lipinski definition) is 0. The minimum absolute atomic E-state index is 0.868. The van der Waals surface area contributed by atoms with Crippen molar-refractivity contribution in [2.75, 3.05) is 0 Å². The summed E-state index contributed by atoms with van der Waals surface area (Å²) in [5.41, 5.74) is 24.2. The van der Waals surface area contributed by atoms with E-state index in [0.717, 1.165) is 89.7 Å². The summed E-state index contributed by atoms with van der Waals surface area (Å²) in [5.74, 6) is 0. The van der Waals surface area contributed by atoms with E-state index in [2.05, 4.69) is 361 Å². The van der Waals surface area contributed by atoms with Gasteiger partial charge < -0.3 is 27.4 Å². The van der Waals surface area contributed by atoms with Gasteiger partial charge >= 0.3 is 0 Å². The largest absolute Gasteiger partial charge is 0.307 e. The highest BCUT2D eigenvalue weighted by Crippen LogP contribution is 2.47. The molecule has 0 radical (unpaired) electrons. The molecule has 0 aliphatic rings. The van der Waals surface area contributed by atoms with Crippen molar-refractivity contribution in [3.63, 3.8) is 0 Å². The SMILES string of the molecule is c1ccc(-n2c3ccccc3c3ccc4c5ccccc5n(-c5ccc(-c6cc(-n7c8ccccc8c8ccc9c%10ccccc%10n(-c%10ccccc%10)c9c87)cc(-c7ccc(-n8c9ccccc9c9ccc%10c%11ccccc%11n(-c%11ccccc%11)c%10c98)cc7)n6)cc5)c4c32)cc1. The molecule has 0 N–H and O–H groups in total. The van der Waals surface area contributed by atoms with Crippen LogP contribution in [0.5, 0.6) is 0 Å². The third-order valence-electron chi connectivity index (χ3n) is 20.4. The van der Waals surface area contributed by atoms with Gasteiger partial charge in [-0.15, -0.1) is 0 Å². The van der Waals surface area contributed by atoms with Crippen LogP contribution in [0.4, 0.5) is 0 Å². The first kappa shape index (κ1) is 52.6. The van der Waals surface area contributed by atoms with Crippen molar-refractivity contribution in [2.45, 2.75) is 0 Å². The second kappa shape index (κ2) is 20.3. The molecule has 96 heavy (non-hydrogen) atoms. The van der Waals surface area contributed by atoms with Crippen LogP contribution in [-0.4, -0.2) is 32.4 Å². The zero-order valence-electron chi connectivity index (χ0n) is 51.9. The van der Waals surface area contributed by atoms with E-state index in [9.17, 15) is 0 Å². The standard InChI is InChI=1S/C89H55N7/c1-4-22-58(23-5-1)91-78-34-16-10-28-64(78)70-48-50-72-67-31-13-19-37-81(67)94(86(72)84(70)91)61-44-40-56(41-45-61)76-54-63(96-83-39-21-15-33-69(83)75-53-52-74-66-30-12-18-36-80(66)93(88(74)89(75)96)60-26-8-3-9-27-60)55-77(90-76)57-42-46-62(47-43-57)95-82-38-20-14-32-68(82)73-51-49-71-65-29-11-17-35-79(65)92(85(71)87(73)95)59-24-6-2-7-25-59/h1-55H. The monoisotopic (exact) mass is 1220 g/mol. The molecular weight excluding hydrogens is 1170 g/mol. The normalized spacial score (nSPS) is 12.2. The lowest BCUT2D eigenvalue weighted by Gasteiger charge is -2.16. The van der Waals surface area contributed by atoms with Gasteiger partial charge in [0, 0.05) is 104 Å². The van der Waals surface area contributed by atoms with E-state index in [1.165, 1.54) is 97.7 Å². The molecule has 7 nitrogen and oxygen atoms in total. The van der Waals surface area contributed by atoms with Crippen LogP contribution in [0.3, 0.4) is 0 Å². The zero-order valence-corrected chi connectivity index (χ0v) is 51.9. The predicted molar refractivity (Wildman–Crippen MR) is 401 cm³/mol. The Morgan fingerprint density at radius 3 is 0.594 bits per heavy atom. The van der Waals surface area contributed by atoms with Crippen LogP contribution in [0.15, 0.2) is 334 Å². The van der Waals surface area contributed by atoms with E-state index in [1.54, 1.807) is 0 Å². The van der Waals surface area contributed by atoms with Gasteiger partial charge in [0.1, 0.15) is 0 Å². The van der Waals surface area contributed by atoms with Crippen LogP contribution >= 0.6 is 0 Å². The predicted octanol–water partition coefficient (Wildman–Crippen LogP) is 23.0. The Hall–Kier alpha value is -13.0. The fourth-order valence-electron chi connectivity index (χ4n) is 16.3. The van der Waals surface area contributed by atoms with E-state index in [4.69, 9.17) is 4.98 Å². The molecule has 21 rings (SSSR count). The van der Waals surface area contributed by atoms with E-state index in [-0.39, 0.29) is 0 Å². The molecule has 446 valence electrons. The first-order chi connectivity index (χ1) is 47.7. The van der Waals surface area contributed by atoms with Crippen molar-refractivity contribution in [1.82, 2.24) is 32.4 Å². The van der Waals surface area contributed by atoms with Crippen LogP contribution in [-0.2, 0) is 0 Å². The molecule has 0 fully saturated rings. The highest BCUT2D eigenvalue weighted by atomic mass is 15.1. The lowest BCUT2D eigenvalue weighted by molar-refractivity contribution is 1.14. The smallest absolute Gasteiger partial charge is 0.0788 e. The summed E-state index contributed by atoms with van der Waals surface area (Å²) in [6.07, 6.45) is 0. The summed E-state index contributed by atoms with van der Waals surface area (Å²) in [6, 6.07) is 122. The Bertz CT molecular complexity index is 6480. The summed E-state index contributed by atoms with van der Waals surface area (Å²) < 4.78 is 14.8. The molecule has 14 aromatic carbocycles. The first-order valence-electron chi connectivity index (χ1n) is 32.9. The average Bonchev–Trinajstić information content (AvgIpc) is 1.56. The second-order valence-electron chi connectivity index (χ2n) is 25.4. The summed E-state index contributed by atoms with van der Waals surface area (Å²) in [4.78, 5) is 5.77. The molecule has 0 unspecified atom stereocenters. The molecule has 0 bridgehead atoms. The third-order valence-corrected chi connectivity index (χ3v) is 20.4. The number of benzene rings is 14. The quantitative estimate of drug-likeness (QED) is 0.149. The second-order valence-corrected chi connectivity index (χ2v) is 25.4. The van der Waals surface area contributed by atoms with Gasteiger partial charge in [0.25, 0.3) is 0 Å². The Kier molecular flexibility index (Phi) is 11.1. The van der Waals surface area contributed by atoms with Gasteiger partial charge in [-0.05, 0) is 109 Å². The highest BCUT2D eigenvalue weighted by molar-refractivity contribution is 6.27. The van der Waals surface area contributed by atoms with Crippen molar-refractivity contribution in [3.05, 3.63) is 334 Å². The minimum atomic E-state index is 0.868. The van der Waals surface area contributed by atoms with Crippen LogP contribution in [0.2, 0.25) is 0 Å². The number of nitrogens with zero attached hydrogens (tertiary/aromatic N) is 7. The summed E-state index contributed by atoms with van der Waals surface area (Å²) in [7, 11) is 0. The molecule has 21 aromatic rings. The van der Waals surface area contributed by atoms with Gasteiger partial charge in [-0.25, -0.2) is 4.98 Å². The van der Waals surface area contributed by atoms with E-state index < -0.39 is 0 Å². The van der Waals surface area contributed by atoms with Gasteiger partial charge in [-0.2, -0.15) is 0 Å². The van der Waals surface area contributed by atoms with Gasteiger partial charge in [-0.1, -0.05) is 224 Å². The molecule has 0 aliphatic carbocycles. The Morgan fingerprint density at radius 2 is 0.354 bits per heavy atom. The van der Waals surface area contributed by atoms with Gasteiger partial charge in [0.15, 0.2) is 0 Å². The molecule has 0 aliphatic heterocycles. The third kappa shape index (κ3) is 7.44. The number of aromatic nitrogens is 7. The molecule has 0 amide bonds. The number of hydrogen-bond acceptors (Lipinski definition) is 1. The van der Waals surface area contributed by atoms with Crippen LogP contribution in [0.1, 0.15) is 0 Å². The fourth-order valence-corrected chi connectivity index (χ4v) is 16.3. The summed E-state index contributed by atoms with van der Waals surface area (Å²) in [5, 5.41) is 14.5. The molecule has 0 saturated heterocycles. The minimum Gasteiger partial charge on any atom is -0.307 e. The zero-order chi connectivity index (χ0) is 62.7. The maximum absolute atomic E-state index is 5.77. The molecule has 7 heteroatoms. The molecule has 0 saturated carbocycles. The van der Waals surface area contributed by atoms with E-state index in [1.807, 2.05) is 0 Å². The molecule has 7 heterocycles. The first-order valence-corrected chi connectivity index (χ1v) is 32.9. The topological polar surface area (TPSA) is 42.5 Å². The summed E-state index contributed by atoms with van der Waals surface area (Å²) in [6.45, 7) is 0. The maximum atomic E-state index is 5.77. The van der Waals surface area contributed by atoms with E-state index >= 15 is 0 Å². The maximum Gasteiger partial charge on any atom is 0.0788 e. The highest BCUT2D eigenvalue weighted by Gasteiger charge is 2.26. The number of pyridine rings is 1. The van der Waals surface area contributed by atoms with Crippen molar-refractivity contribution < 1.29 is 0 Å². The van der Waals surface area contributed by atoms with Crippen molar-refractivity contribution in [3.8, 4) is 56.6 Å². The van der Waals surface area contributed by atoms with E-state index in [0.29, 0.717) is 0 Å². The molecular formula is C89H55N7. The fraction of sp³-hybridized carbons (Fsp3) is 0. The Balaban J connectivity index is 0.802. The van der Waals surface area contributed by atoms with Crippen LogP contribution in [0, 0.1) is 0 Å². The lowest BCUT2D eigenvalue weighted by Crippen LogP contribution is -2.01. The number of fused-ring (bicyclic) bond motifs is 21. The molecule has 7 aromatic heterocycles. The lowest BCUT2D eigenvalue weighted by atomic mass is 10.1. The molecule has 0 spiro atoms.